The Kier molecular flexibility index (Phi) is 3.98. The summed E-state index contributed by atoms with van der Waals surface area (Å²) in [5.41, 5.74) is 2.39. The topological polar surface area (TPSA) is 65.3 Å². The molecule has 20 heavy (non-hydrogen) atoms. The van der Waals surface area contributed by atoms with Crippen LogP contribution in [0.4, 0.5) is 5.69 Å². The van der Waals surface area contributed by atoms with E-state index >= 15 is 0 Å². The van der Waals surface area contributed by atoms with Crippen LogP contribution in [0.5, 0.6) is 5.75 Å². The largest absolute Gasteiger partial charge is 0.484 e. The Hall–Kier alpha value is -2.43. The highest BCUT2D eigenvalue weighted by Crippen LogP contribution is 2.35. The molecule has 104 valence electrons. The van der Waals surface area contributed by atoms with E-state index in [9.17, 15) is 10.1 Å². The lowest BCUT2D eigenvalue weighted by Gasteiger charge is -2.13. The van der Waals surface area contributed by atoms with Crippen molar-refractivity contribution in [1.29, 1.82) is 0 Å². The van der Waals surface area contributed by atoms with E-state index in [1.165, 1.54) is 6.07 Å². The fourth-order valence-corrected chi connectivity index (χ4v) is 1.96. The van der Waals surface area contributed by atoms with E-state index in [1.54, 1.807) is 12.3 Å². The van der Waals surface area contributed by atoms with Crippen molar-refractivity contribution in [3.05, 3.63) is 52.2 Å². The van der Waals surface area contributed by atoms with Crippen molar-refractivity contribution in [1.82, 2.24) is 4.98 Å². The van der Waals surface area contributed by atoms with Crippen molar-refractivity contribution in [2.24, 2.45) is 0 Å². The van der Waals surface area contributed by atoms with Gasteiger partial charge in [0, 0.05) is 17.8 Å². The van der Waals surface area contributed by atoms with Gasteiger partial charge in [-0.1, -0.05) is 6.07 Å². The fraction of sp³-hybridized carbons (Fsp3) is 0.267. The first-order valence-electron chi connectivity index (χ1n) is 6.36. The fourth-order valence-electron chi connectivity index (χ4n) is 1.96. The van der Waals surface area contributed by atoms with Gasteiger partial charge in [-0.05, 0) is 44.5 Å². The molecule has 0 bridgehead atoms. The van der Waals surface area contributed by atoms with E-state index in [2.05, 4.69) is 4.98 Å². The van der Waals surface area contributed by atoms with Crippen LogP contribution in [0.1, 0.15) is 19.4 Å². The Morgan fingerprint density at radius 3 is 2.60 bits per heavy atom. The van der Waals surface area contributed by atoms with Gasteiger partial charge in [-0.15, -0.1) is 0 Å². The zero-order valence-electron chi connectivity index (χ0n) is 11.7. The van der Waals surface area contributed by atoms with Crippen LogP contribution < -0.4 is 4.74 Å². The summed E-state index contributed by atoms with van der Waals surface area (Å²) in [6.07, 6.45) is 1.56. The first-order chi connectivity index (χ1) is 9.49. The summed E-state index contributed by atoms with van der Waals surface area (Å²) >= 11 is 0. The number of aryl methyl sites for hydroxylation is 1. The summed E-state index contributed by atoms with van der Waals surface area (Å²) in [7, 11) is 0. The third-order valence-corrected chi connectivity index (χ3v) is 2.81. The lowest BCUT2D eigenvalue weighted by Crippen LogP contribution is -2.08. The number of aromatic nitrogens is 1. The minimum Gasteiger partial charge on any atom is -0.484 e. The first-order valence-corrected chi connectivity index (χ1v) is 6.36. The maximum atomic E-state index is 11.1. The van der Waals surface area contributed by atoms with Crippen molar-refractivity contribution >= 4 is 5.69 Å². The van der Waals surface area contributed by atoms with Crippen LogP contribution in [0.25, 0.3) is 11.3 Å². The molecule has 2 rings (SSSR count). The van der Waals surface area contributed by atoms with Gasteiger partial charge >= 0.3 is 5.69 Å². The maximum Gasteiger partial charge on any atom is 0.311 e. The lowest BCUT2D eigenvalue weighted by molar-refractivity contribution is -0.386. The molecule has 0 spiro atoms. The van der Waals surface area contributed by atoms with E-state index in [0.29, 0.717) is 0 Å². The predicted molar refractivity (Wildman–Crippen MR) is 76.8 cm³/mol. The molecule has 1 aromatic carbocycles. The number of nitro benzene ring substituents is 1. The van der Waals surface area contributed by atoms with Gasteiger partial charge in [0.05, 0.1) is 16.7 Å². The molecule has 0 aliphatic rings. The van der Waals surface area contributed by atoms with Crippen molar-refractivity contribution < 1.29 is 9.66 Å². The smallest absolute Gasteiger partial charge is 0.311 e. The van der Waals surface area contributed by atoms with Crippen LogP contribution in [0.15, 0.2) is 36.5 Å². The molecule has 0 N–H and O–H groups in total. The van der Waals surface area contributed by atoms with Crippen LogP contribution >= 0.6 is 0 Å². The Morgan fingerprint density at radius 2 is 2.05 bits per heavy atom. The van der Waals surface area contributed by atoms with Crippen LogP contribution in [-0.4, -0.2) is 16.0 Å². The number of nitro groups is 1. The summed E-state index contributed by atoms with van der Waals surface area (Å²) in [5.74, 6) is 0.274. The summed E-state index contributed by atoms with van der Waals surface area (Å²) in [6, 6.07) is 8.80. The summed E-state index contributed by atoms with van der Waals surface area (Å²) in [4.78, 5) is 15.0. The first kappa shape index (κ1) is 14.0. The molecule has 5 nitrogen and oxygen atoms in total. The van der Waals surface area contributed by atoms with Gasteiger partial charge in [-0.2, -0.15) is 0 Å². The van der Waals surface area contributed by atoms with E-state index in [4.69, 9.17) is 4.74 Å². The summed E-state index contributed by atoms with van der Waals surface area (Å²) in [6.45, 7) is 5.50. The maximum absolute atomic E-state index is 11.1. The van der Waals surface area contributed by atoms with Crippen LogP contribution in [0.2, 0.25) is 0 Å². The average molecular weight is 272 g/mol. The molecular formula is C15H16N2O3. The SMILES string of the molecule is Cc1cc([N+](=O)[O-])c(OC(C)C)cc1-c1ccccn1. The lowest BCUT2D eigenvalue weighted by atomic mass is 10.0. The van der Waals surface area contributed by atoms with E-state index < -0.39 is 4.92 Å². The Bertz CT molecular complexity index is 625. The quantitative estimate of drug-likeness (QED) is 0.628. The third kappa shape index (κ3) is 2.93. The van der Waals surface area contributed by atoms with Crippen molar-refractivity contribution in [3.63, 3.8) is 0 Å². The summed E-state index contributed by atoms with van der Waals surface area (Å²) in [5, 5.41) is 11.1. The third-order valence-electron chi connectivity index (χ3n) is 2.81. The van der Waals surface area contributed by atoms with Gasteiger partial charge in [0.2, 0.25) is 0 Å². The number of hydrogen-bond donors (Lipinski definition) is 0. The highest BCUT2D eigenvalue weighted by molar-refractivity contribution is 5.69. The molecular weight excluding hydrogens is 256 g/mol. The molecule has 0 unspecified atom stereocenters. The Labute approximate surface area is 117 Å². The van der Waals surface area contributed by atoms with Crippen molar-refractivity contribution in [2.45, 2.75) is 26.9 Å². The number of pyridine rings is 1. The Balaban J connectivity index is 2.57. The number of rotatable bonds is 4. The molecule has 0 atom stereocenters. The molecule has 0 aliphatic heterocycles. The normalized spacial score (nSPS) is 10.6. The van der Waals surface area contributed by atoms with Gasteiger partial charge in [0.1, 0.15) is 0 Å². The highest BCUT2D eigenvalue weighted by Gasteiger charge is 2.19. The van der Waals surface area contributed by atoms with Crippen LogP contribution in [0.3, 0.4) is 0 Å². The zero-order chi connectivity index (χ0) is 14.7. The monoisotopic (exact) mass is 272 g/mol. The molecule has 0 radical (unpaired) electrons. The van der Waals surface area contributed by atoms with E-state index in [1.807, 2.05) is 39.0 Å². The van der Waals surface area contributed by atoms with Gasteiger partial charge in [-0.3, -0.25) is 15.1 Å². The molecule has 1 aromatic heterocycles. The molecule has 0 aliphatic carbocycles. The molecule has 1 heterocycles. The van der Waals surface area contributed by atoms with Gasteiger partial charge in [0.15, 0.2) is 5.75 Å². The number of hydrogen-bond acceptors (Lipinski definition) is 4. The minimum absolute atomic E-state index is 0.0177. The number of benzene rings is 1. The van der Waals surface area contributed by atoms with E-state index in [0.717, 1.165) is 16.8 Å². The highest BCUT2D eigenvalue weighted by atomic mass is 16.6. The molecule has 0 fully saturated rings. The predicted octanol–water partition coefficient (Wildman–Crippen LogP) is 3.75. The van der Waals surface area contributed by atoms with Gasteiger partial charge in [-0.25, -0.2) is 0 Å². The standard InChI is InChI=1S/C15H16N2O3/c1-10(2)20-15-9-12(13-6-4-5-7-16-13)11(3)8-14(15)17(18)19/h4-10H,1-3H3. The van der Waals surface area contributed by atoms with Crippen LogP contribution in [0, 0.1) is 17.0 Å². The average Bonchev–Trinajstić information content (AvgIpc) is 2.40. The second kappa shape index (κ2) is 5.69. The number of ether oxygens (including phenoxy) is 1. The second-order valence-electron chi connectivity index (χ2n) is 4.77. The van der Waals surface area contributed by atoms with Crippen molar-refractivity contribution in [2.75, 3.05) is 0 Å². The van der Waals surface area contributed by atoms with Crippen LogP contribution in [-0.2, 0) is 0 Å². The molecule has 2 aromatic rings. The molecule has 0 saturated carbocycles. The number of nitrogens with zero attached hydrogens (tertiary/aromatic N) is 2. The summed E-state index contributed by atoms with van der Waals surface area (Å²) < 4.78 is 5.55. The van der Waals surface area contributed by atoms with E-state index in [-0.39, 0.29) is 17.5 Å². The Morgan fingerprint density at radius 1 is 1.30 bits per heavy atom. The van der Waals surface area contributed by atoms with Gasteiger partial charge < -0.3 is 4.74 Å². The zero-order valence-corrected chi connectivity index (χ0v) is 11.7. The second-order valence-corrected chi connectivity index (χ2v) is 4.77. The van der Waals surface area contributed by atoms with Crippen molar-refractivity contribution in [3.8, 4) is 17.0 Å². The molecule has 5 heteroatoms. The molecule has 0 amide bonds. The molecule has 0 saturated heterocycles. The van der Waals surface area contributed by atoms with Gasteiger partial charge in [0.25, 0.3) is 0 Å². The minimum atomic E-state index is -0.424.